The van der Waals surface area contributed by atoms with E-state index in [0.717, 1.165) is 37.2 Å². The molecule has 32 heavy (non-hydrogen) atoms. The second-order valence-electron chi connectivity index (χ2n) is 9.15. The van der Waals surface area contributed by atoms with Gasteiger partial charge in [0.2, 0.25) is 16.9 Å². The van der Waals surface area contributed by atoms with E-state index in [4.69, 9.17) is 0 Å². The Bertz CT molecular complexity index is 914. The first-order valence-electron chi connectivity index (χ1n) is 11.2. The molecule has 1 saturated heterocycles. The summed E-state index contributed by atoms with van der Waals surface area (Å²) in [4.78, 5) is 25.2. The number of carbonyl (C=O) groups excluding carboxylic acids is 2. The molecule has 2 amide bonds. The van der Waals surface area contributed by atoms with E-state index >= 15 is 0 Å². The van der Waals surface area contributed by atoms with E-state index in [0.29, 0.717) is 11.6 Å². The van der Waals surface area contributed by atoms with Crippen molar-refractivity contribution in [2.75, 3.05) is 11.9 Å². The molecule has 0 bridgehead atoms. The molecule has 0 radical (unpaired) electrons. The highest BCUT2D eigenvalue weighted by Crippen LogP contribution is 2.27. The third-order valence-electron chi connectivity index (χ3n) is 5.32. The van der Waals surface area contributed by atoms with Gasteiger partial charge in [0, 0.05) is 17.5 Å². The maximum atomic E-state index is 12.7. The fraction of sp³-hybridized carbons (Fsp3) is 0.500. The number of hydrogen-bond donors (Lipinski definition) is 3. The van der Waals surface area contributed by atoms with Crippen LogP contribution in [0.3, 0.4) is 0 Å². The zero-order chi connectivity index (χ0) is 23.0. The van der Waals surface area contributed by atoms with Crippen molar-refractivity contribution in [3.63, 3.8) is 0 Å². The molecule has 7 nitrogen and oxygen atoms in total. The van der Waals surface area contributed by atoms with Crippen molar-refractivity contribution >= 4 is 28.3 Å². The number of nitrogens with zero attached hydrogens (tertiary/aromatic N) is 2. The Hall–Kier alpha value is -2.58. The molecule has 2 atom stereocenters. The Morgan fingerprint density at radius 2 is 2.00 bits per heavy atom. The lowest BCUT2D eigenvalue weighted by Crippen LogP contribution is -2.49. The van der Waals surface area contributed by atoms with E-state index in [2.05, 4.69) is 59.1 Å². The van der Waals surface area contributed by atoms with Crippen molar-refractivity contribution in [1.29, 1.82) is 0 Å². The number of aromatic nitrogens is 2. The smallest absolute Gasteiger partial charge is 0.249 e. The quantitative estimate of drug-likeness (QED) is 0.529. The summed E-state index contributed by atoms with van der Waals surface area (Å²) in [6.45, 7) is 7.03. The third kappa shape index (κ3) is 7.53. The number of benzene rings is 1. The summed E-state index contributed by atoms with van der Waals surface area (Å²) in [5.41, 5.74) is 1.08. The highest BCUT2D eigenvalue weighted by atomic mass is 32.1. The van der Waals surface area contributed by atoms with Gasteiger partial charge in [0.15, 0.2) is 0 Å². The third-order valence-corrected chi connectivity index (χ3v) is 6.58. The highest BCUT2D eigenvalue weighted by molar-refractivity contribution is 7.15. The molecule has 8 heteroatoms. The van der Waals surface area contributed by atoms with Crippen LogP contribution < -0.4 is 16.0 Å². The summed E-state index contributed by atoms with van der Waals surface area (Å²) >= 11 is 1.37. The highest BCUT2D eigenvalue weighted by Gasteiger charge is 2.22. The van der Waals surface area contributed by atoms with Crippen molar-refractivity contribution in [3.05, 3.63) is 53.1 Å². The Kier molecular flexibility index (Phi) is 8.53. The lowest BCUT2D eigenvalue weighted by Gasteiger charge is -2.25. The molecular formula is C24H33N5O2S. The Morgan fingerprint density at radius 3 is 2.66 bits per heavy atom. The number of aryl methyl sites for hydroxylation is 1. The van der Waals surface area contributed by atoms with E-state index in [1.165, 1.54) is 23.0 Å². The van der Waals surface area contributed by atoms with E-state index in [-0.39, 0.29) is 29.3 Å². The monoisotopic (exact) mass is 455 g/mol. The summed E-state index contributed by atoms with van der Waals surface area (Å²) in [5, 5.41) is 18.7. The SMILES string of the molecule is CC(C)(C)c1nnc(NC(=O)C=CC(CCc2ccccc2)NC(=O)C2CCCCN2)s1. The average molecular weight is 456 g/mol. The van der Waals surface area contributed by atoms with Crippen LogP contribution in [-0.4, -0.2) is 40.6 Å². The topological polar surface area (TPSA) is 96.0 Å². The first-order valence-corrected chi connectivity index (χ1v) is 12.0. The number of piperidine rings is 1. The molecule has 1 aromatic heterocycles. The van der Waals surface area contributed by atoms with Gasteiger partial charge in [-0.25, -0.2) is 0 Å². The molecule has 0 aliphatic carbocycles. The van der Waals surface area contributed by atoms with E-state index in [9.17, 15) is 9.59 Å². The van der Waals surface area contributed by atoms with E-state index in [1.54, 1.807) is 6.08 Å². The molecule has 3 N–H and O–H groups in total. The van der Waals surface area contributed by atoms with Gasteiger partial charge < -0.3 is 10.6 Å². The Balaban J connectivity index is 1.61. The van der Waals surface area contributed by atoms with Gasteiger partial charge in [0.1, 0.15) is 5.01 Å². The van der Waals surface area contributed by atoms with Gasteiger partial charge in [-0.05, 0) is 37.8 Å². The minimum Gasteiger partial charge on any atom is -0.349 e. The van der Waals surface area contributed by atoms with Crippen molar-refractivity contribution in [2.45, 2.75) is 70.4 Å². The van der Waals surface area contributed by atoms with Gasteiger partial charge >= 0.3 is 0 Å². The molecule has 1 fully saturated rings. The Morgan fingerprint density at radius 1 is 1.22 bits per heavy atom. The number of hydrogen-bond acceptors (Lipinski definition) is 6. The number of amides is 2. The van der Waals surface area contributed by atoms with Gasteiger partial charge in [-0.2, -0.15) is 0 Å². The molecule has 1 aliphatic rings. The number of carbonyl (C=O) groups is 2. The summed E-state index contributed by atoms with van der Waals surface area (Å²) in [7, 11) is 0. The summed E-state index contributed by atoms with van der Waals surface area (Å²) in [6, 6.07) is 9.73. The van der Waals surface area contributed by atoms with Crippen LogP contribution in [0.4, 0.5) is 5.13 Å². The van der Waals surface area contributed by atoms with Crippen LogP contribution >= 0.6 is 11.3 Å². The van der Waals surface area contributed by atoms with Crippen LogP contribution in [0.15, 0.2) is 42.5 Å². The molecule has 2 heterocycles. The minimum atomic E-state index is -0.281. The number of rotatable bonds is 8. The predicted molar refractivity (Wildman–Crippen MR) is 129 cm³/mol. The van der Waals surface area contributed by atoms with Crippen molar-refractivity contribution in [2.24, 2.45) is 0 Å². The van der Waals surface area contributed by atoms with Crippen LogP contribution in [0.25, 0.3) is 0 Å². The molecule has 2 unspecified atom stereocenters. The number of nitrogens with one attached hydrogen (secondary N) is 3. The first kappa shape index (κ1) is 24.1. The molecule has 1 aliphatic heterocycles. The van der Waals surface area contributed by atoms with E-state index in [1.807, 2.05) is 18.2 Å². The second-order valence-corrected chi connectivity index (χ2v) is 10.1. The standard InChI is InChI=1S/C24H33N5O2S/c1-24(2,3)22-28-29-23(32-22)27-20(30)15-14-18(13-12-17-9-5-4-6-10-17)26-21(31)19-11-7-8-16-25-19/h4-6,9-10,14-15,18-19,25H,7-8,11-13,16H2,1-3H3,(H,26,31)(H,27,29,30). The largest absolute Gasteiger partial charge is 0.349 e. The maximum absolute atomic E-state index is 12.7. The molecule has 3 rings (SSSR count). The second kappa shape index (κ2) is 11.3. The zero-order valence-corrected chi connectivity index (χ0v) is 19.9. The van der Waals surface area contributed by atoms with Crippen LogP contribution in [0.1, 0.15) is 57.0 Å². The lowest BCUT2D eigenvalue weighted by atomic mass is 9.98. The number of anilines is 1. The Labute approximate surface area is 194 Å². The van der Waals surface area contributed by atoms with Crippen molar-refractivity contribution in [1.82, 2.24) is 20.8 Å². The fourth-order valence-corrected chi connectivity index (χ4v) is 4.27. The van der Waals surface area contributed by atoms with Gasteiger partial charge in [-0.3, -0.25) is 14.9 Å². The molecule has 2 aromatic rings. The lowest BCUT2D eigenvalue weighted by molar-refractivity contribution is -0.124. The van der Waals surface area contributed by atoms with Crippen LogP contribution in [0.5, 0.6) is 0 Å². The summed E-state index contributed by atoms with van der Waals surface area (Å²) < 4.78 is 0. The maximum Gasteiger partial charge on any atom is 0.249 e. The molecule has 172 valence electrons. The normalized spacial score (nSPS) is 17.8. The van der Waals surface area contributed by atoms with Crippen molar-refractivity contribution in [3.8, 4) is 0 Å². The molecular weight excluding hydrogens is 422 g/mol. The first-order chi connectivity index (χ1) is 15.3. The van der Waals surface area contributed by atoms with Gasteiger partial charge in [0.25, 0.3) is 0 Å². The zero-order valence-electron chi connectivity index (χ0n) is 19.1. The summed E-state index contributed by atoms with van der Waals surface area (Å²) in [5.74, 6) is -0.289. The molecule has 0 saturated carbocycles. The van der Waals surface area contributed by atoms with Gasteiger partial charge in [-0.15, -0.1) is 10.2 Å². The fourth-order valence-electron chi connectivity index (χ4n) is 3.47. The summed E-state index contributed by atoms with van der Waals surface area (Å²) in [6.07, 6.45) is 7.75. The van der Waals surface area contributed by atoms with Gasteiger partial charge in [-0.1, -0.05) is 74.9 Å². The molecule has 1 aromatic carbocycles. The van der Waals surface area contributed by atoms with Crippen LogP contribution in [0.2, 0.25) is 0 Å². The molecule has 0 spiro atoms. The average Bonchev–Trinajstić information content (AvgIpc) is 3.26. The van der Waals surface area contributed by atoms with Crippen LogP contribution in [-0.2, 0) is 21.4 Å². The van der Waals surface area contributed by atoms with Crippen molar-refractivity contribution < 1.29 is 9.59 Å². The van der Waals surface area contributed by atoms with Gasteiger partial charge in [0.05, 0.1) is 6.04 Å². The minimum absolute atomic E-state index is 0.00763. The predicted octanol–water partition coefficient (Wildman–Crippen LogP) is 3.59. The van der Waals surface area contributed by atoms with Crippen LogP contribution in [0, 0.1) is 0 Å². The van der Waals surface area contributed by atoms with E-state index < -0.39 is 0 Å².